The number of benzene rings is 2. The average molecular weight is 418 g/mol. The van der Waals surface area contributed by atoms with Crippen LogP contribution >= 0.6 is 23.1 Å². The van der Waals surface area contributed by atoms with Crippen LogP contribution in [0, 0.1) is 0 Å². The number of hydrogen-bond acceptors (Lipinski definition) is 8. The van der Waals surface area contributed by atoms with Crippen LogP contribution in [-0.4, -0.2) is 41.0 Å². The number of ether oxygens (including phenoxy) is 2. The van der Waals surface area contributed by atoms with Crippen molar-refractivity contribution in [2.45, 2.75) is 23.8 Å². The molecule has 7 nitrogen and oxygen atoms in total. The summed E-state index contributed by atoms with van der Waals surface area (Å²) in [5.74, 6) is 0.157. The van der Waals surface area contributed by atoms with Crippen molar-refractivity contribution in [3.8, 4) is 5.75 Å². The summed E-state index contributed by atoms with van der Waals surface area (Å²) < 4.78 is 11.1. The van der Waals surface area contributed by atoms with E-state index in [2.05, 4.69) is 20.3 Å². The van der Waals surface area contributed by atoms with Gasteiger partial charge in [-0.2, -0.15) is 0 Å². The normalized spacial score (nSPS) is 11.8. The highest BCUT2D eigenvalue weighted by atomic mass is 32.2. The van der Waals surface area contributed by atoms with Crippen LogP contribution in [0.25, 0.3) is 10.8 Å². The molecule has 0 bridgehead atoms. The molecule has 0 saturated carbocycles. The molecule has 146 valence electrons. The van der Waals surface area contributed by atoms with Crippen LogP contribution < -0.4 is 10.1 Å². The smallest absolute Gasteiger partial charge is 0.316 e. The van der Waals surface area contributed by atoms with Crippen molar-refractivity contribution in [3.05, 3.63) is 42.5 Å². The van der Waals surface area contributed by atoms with Gasteiger partial charge in [0.05, 0.1) is 12.9 Å². The molecule has 1 heterocycles. The van der Waals surface area contributed by atoms with Crippen molar-refractivity contribution in [1.29, 1.82) is 0 Å². The Morgan fingerprint density at radius 1 is 1.18 bits per heavy atom. The molecule has 0 radical (unpaired) electrons. The van der Waals surface area contributed by atoms with E-state index in [0.29, 0.717) is 21.6 Å². The predicted octanol–water partition coefficient (Wildman–Crippen LogP) is 3.75. The maximum Gasteiger partial charge on any atom is 0.316 e. The van der Waals surface area contributed by atoms with Gasteiger partial charge in [0.25, 0.3) is 5.91 Å². The molecule has 0 aliphatic heterocycles. The third kappa shape index (κ3) is 4.99. The number of anilines is 1. The van der Waals surface area contributed by atoms with Gasteiger partial charge in [0.1, 0.15) is 5.75 Å². The van der Waals surface area contributed by atoms with Gasteiger partial charge in [0, 0.05) is 5.39 Å². The van der Waals surface area contributed by atoms with Crippen LogP contribution in [0.15, 0.2) is 46.8 Å². The van der Waals surface area contributed by atoms with Gasteiger partial charge in [0.15, 0.2) is 10.4 Å². The SMILES string of the molecule is CC[C@H](Oc1cccc2ccccc12)C(=O)Nc1nnc(SCC(=O)OC)s1. The van der Waals surface area contributed by atoms with Crippen LogP contribution in [0.1, 0.15) is 13.3 Å². The molecule has 9 heteroatoms. The van der Waals surface area contributed by atoms with Crippen LogP contribution in [0.5, 0.6) is 5.75 Å². The van der Waals surface area contributed by atoms with Gasteiger partial charge in [-0.15, -0.1) is 10.2 Å². The van der Waals surface area contributed by atoms with E-state index in [1.54, 1.807) is 0 Å². The Labute approximate surface area is 170 Å². The van der Waals surface area contributed by atoms with Gasteiger partial charge >= 0.3 is 5.97 Å². The molecule has 0 saturated heterocycles. The Hall–Kier alpha value is -2.65. The Kier molecular flexibility index (Phi) is 6.83. The molecular weight excluding hydrogens is 398 g/mol. The summed E-state index contributed by atoms with van der Waals surface area (Å²) in [5.41, 5.74) is 0. The first-order valence-electron chi connectivity index (χ1n) is 8.59. The lowest BCUT2D eigenvalue weighted by Crippen LogP contribution is -2.32. The minimum absolute atomic E-state index is 0.140. The number of nitrogens with zero attached hydrogens (tertiary/aromatic N) is 2. The summed E-state index contributed by atoms with van der Waals surface area (Å²) in [7, 11) is 1.33. The highest BCUT2D eigenvalue weighted by Gasteiger charge is 2.21. The first-order chi connectivity index (χ1) is 13.6. The molecule has 2 aromatic carbocycles. The molecule has 1 atom stereocenters. The van der Waals surface area contributed by atoms with Gasteiger partial charge in [-0.05, 0) is 17.9 Å². The van der Waals surface area contributed by atoms with E-state index in [1.165, 1.54) is 30.2 Å². The van der Waals surface area contributed by atoms with Gasteiger partial charge in [-0.3, -0.25) is 14.9 Å². The van der Waals surface area contributed by atoms with Gasteiger partial charge in [0.2, 0.25) is 5.13 Å². The highest BCUT2D eigenvalue weighted by molar-refractivity contribution is 8.01. The number of carbonyl (C=O) groups is 2. The Bertz CT molecular complexity index is 971. The maximum atomic E-state index is 12.6. The van der Waals surface area contributed by atoms with Gasteiger partial charge < -0.3 is 9.47 Å². The number of thioether (sulfide) groups is 1. The number of aromatic nitrogens is 2. The molecular formula is C19H19N3O4S2. The Morgan fingerprint density at radius 3 is 2.75 bits per heavy atom. The van der Waals surface area contributed by atoms with Crippen LogP contribution in [0.2, 0.25) is 0 Å². The second-order valence-electron chi connectivity index (χ2n) is 5.72. The standard InChI is InChI=1S/C19H19N3O4S2/c1-3-14(26-15-10-6-8-12-7-4-5-9-13(12)15)17(24)20-18-21-22-19(28-18)27-11-16(23)25-2/h4-10,14H,3,11H2,1-2H3,(H,20,21,24)/t14-/m0/s1. The fourth-order valence-electron chi connectivity index (χ4n) is 2.46. The van der Waals surface area contributed by atoms with E-state index >= 15 is 0 Å². The zero-order chi connectivity index (χ0) is 19.9. The predicted molar refractivity (Wildman–Crippen MR) is 110 cm³/mol. The number of esters is 1. The number of carbonyl (C=O) groups excluding carboxylic acids is 2. The van der Waals surface area contributed by atoms with E-state index in [1.807, 2.05) is 49.4 Å². The summed E-state index contributed by atoms with van der Waals surface area (Å²) in [4.78, 5) is 23.8. The van der Waals surface area contributed by atoms with Crippen molar-refractivity contribution < 1.29 is 19.1 Å². The lowest BCUT2D eigenvalue weighted by Gasteiger charge is -2.17. The third-order valence-electron chi connectivity index (χ3n) is 3.86. The summed E-state index contributed by atoms with van der Waals surface area (Å²) >= 11 is 2.40. The molecule has 0 spiro atoms. The van der Waals surface area contributed by atoms with Crippen LogP contribution in [-0.2, 0) is 14.3 Å². The molecule has 0 unspecified atom stereocenters. The Balaban J connectivity index is 1.65. The lowest BCUT2D eigenvalue weighted by atomic mass is 10.1. The third-order valence-corrected chi connectivity index (χ3v) is 5.81. The molecule has 1 amide bonds. The highest BCUT2D eigenvalue weighted by Crippen LogP contribution is 2.28. The second kappa shape index (κ2) is 9.52. The van der Waals surface area contributed by atoms with Crippen LogP contribution in [0.3, 0.4) is 0 Å². The van der Waals surface area contributed by atoms with Crippen LogP contribution in [0.4, 0.5) is 5.13 Å². The number of rotatable bonds is 8. The summed E-state index contributed by atoms with van der Waals surface area (Å²) in [5, 5.41) is 13.0. The first-order valence-corrected chi connectivity index (χ1v) is 10.4. The fraction of sp³-hybridized carbons (Fsp3) is 0.263. The van der Waals surface area contributed by atoms with Crippen molar-refractivity contribution in [2.75, 3.05) is 18.2 Å². The maximum absolute atomic E-state index is 12.6. The van der Waals surface area contributed by atoms with Crippen molar-refractivity contribution in [2.24, 2.45) is 0 Å². The van der Waals surface area contributed by atoms with Gasteiger partial charge in [-0.1, -0.05) is 66.4 Å². The quantitative estimate of drug-likeness (QED) is 0.339. The zero-order valence-corrected chi connectivity index (χ0v) is 17.0. The molecule has 28 heavy (non-hydrogen) atoms. The number of methoxy groups -OCH3 is 1. The summed E-state index contributed by atoms with van der Waals surface area (Å²) in [6, 6.07) is 13.6. The molecule has 1 aromatic heterocycles. The molecule has 3 rings (SSSR count). The topological polar surface area (TPSA) is 90.4 Å². The Morgan fingerprint density at radius 2 is 1.96 bits per heavy atom. The average Bonchev–Trinajstić information content (AvgIpc) is 3.17. The monoisotopic (exact) mass is 417 g/mol. The number of amides is 1. The van der Waals surface area contributed by atoms with Crippen molar-refractivity contribution >= 4 is 50.9 Å². The zero-order valence-electron chi connectivity index (χ0n) is 15.4. The minimum Gasteiger partial charge on any atom is -0.480 e. The molecule has 0 fully saturated rings. The molecule has 3 aromatic rings. The van der Waals surface area contributed by atoms with E-state index in [0.717, 1.165) is 10.8 Å². The van der Waals surface area contributed by atoms with E-state index in [9.17, 15) is 9.59 Å². The lowest BCUT2D eigenvalue weighted by molar-refractivity contribution is -0.137. The first kappa shape index (κ1) is 20.1. The van der Waals surface area contributed by atoms with E-state index < -0.39 is 6.10 Å². The largest absolute Gasteiger partial charge is 0.480 e. The number of nitrogens with one attached hydrogen (secondary N) is 1. The fourth-order valence-corrected chi connectivity index (χ4v) is 4.05. The summed E-state index contributed by atoms with van der Waals surface area (Å²) in [6.45, 7) is 1.88. The molecule has 1 N–H and O–H groups in total. The number of fused-ring (bicyclic) bond motifs is 1. The molecule has 0 aliphatic rings. The van der Waals surface area contributed by atoms with Crippen molar-refractivity contribution in [3.63, 3.8) is 0 Å². The van der Waals surface area contributed by atoms with Crippen molar-refractivity contribution in [1.82, 2.24) is 10.2 Å². The summed E-state index contributed by atoms with van der Waals surface area (Å²) in [6.07, 6.45) is -0.168. The molecule has 0 aliphatic carbocycles. The van der Waals surface area contributed by atoms with Gasteiger partial charge in [-0.25, -0.2) is 0 Å². The number of hydrogen-bond donors (Lipinski definition) is 1. The second-order valence-corrected chi connectivity index (χ2v) is 7.92. The van der Waals surface area contributed by atoms with E-state index in [-0.39, 0.29) is 17.6 Å². The minimum atomic E-state index is -0.666. The van der Waals surface area contributed by atoms with E-state index in [4.69, 9.17) is 4.74 Å².